The molecule has 1 aromatic carbocycles. The number of rotatable bonds is 1. The van der Waals surface area contributed by atoms with Crippen LogP contribution < -0.4 is 4.74 Å². The van der Waals surface area contributed by atoms with Crippen molar-refractivity contribution in [1.29, 1.82) is 0 Å². The van der Waals surface area contributed by atoms with Gasteiger partial charge in [-0.3, -0.25) is 4.90 Å². The summed E-state index contributed by atoms with van der Waals surface area (Å²) in [5.41, 5.74) is 0.240. The summed E-state index contributed by atoms with van der Waals surface area (Å²) in [7, 11) is 0. The second-order valence-electron chi connectivity index (χ2n) is 6.65. The minimum absolute atomic E-state index is 0.0383. The smallest absolute Gasteiger partial charge is 0.169 e. The normalized spacial score (nSPS) is 34.4. The summed E-state index contributed by atoms with van der Waals surface area (Å²) in [6.45, 7) is 3.05. The summed E-state index contributed by atoms with van der Waals surface area (Å²) in [5.74, 6) is 0.629. The second-order valence-corrected chi connectivity index (χ2v) is 7.49. The van der Waals surface area contributed by atoms with Crippen molar-refractivity contribution in [2.75, 3.05) is 26.3 Å². The lowest BCUT2D eigenvalue weighted by Crippen LogP contribution is -2.64. The van der Waals surface area contributed by atoms with Crippen LogP contribution in [0, 0.1) is 5.92 Å². The van der Waals surface area contributed by atoms with Gasteiger partial charge in [-0.05, 0) is 25.0 Å². The molecule has 0 bridgehead atoms. The van der Waals surface area contributed by atoms with Gasteiger partial charge in [-0.2, -0.15) is 0 Å². The van der Waals surface area contributed by atoms with E-state index in [4.69, 9.17) is 32.7 Å². The fourth-order valence-corrected chi connectivity index (χ4v) is 4.93. The molecule has 0 unspecified atom stereocenters. The molecule has 1 saturated heterocycles. The molecule has 6 heteroatoms. The zero-order valence-electron chi connectivity index (χ0n) is 12.9. The van der Waals surface area contributed by atoms with Gasteiger partial charge in [0.1, 0.15) is 5.75 Å². The number of hydrogen-bond donors (Lipinski definition) is 1. The van der Waals surface area contributed by atoms with Gasteiger partial charge in [0, 0.05) is 36.0 Å². The van der Waals surface area contributed by atoms with E-state index in [0.29, 0.717) is 29.0 Å². The number of fused-ring (bicyclic) bond motifs is 2. The van der Waals surface area contributed by atoms with Gasteiger partial charge in [0.25, 0.3) is 0 Å². The number of aliphatic hydroxyl groups excluding tert-OH is 1. The highest BCUT2D eigenvalue weighted by atomic mass is 35.5. The van der Waals surface area contributed by atoms with Crippen molar-refractivity contribution in [3.8, 4) is 5.75 Å². The molecule has 4 rings (SSSR count). The summed E-state index contributed by atoms with van der Waals surface area (Å²) in [6.07, 6.45) is 3.47. The third-order valence-corrected chi connectivity index (χ3v) is 5.94. The predicted octanol–water partition coefficient (Wildman–Crippen LogP) is 3.64. The Morgan fingerprint density at radius 3 is 2.74 bits per heavy atom. The van der Waals surface area contributed by atoms with Crippen molar-refractivity contribution >= 4 is 23.2 Å². The van der Waals surface area contributed by atoms with Crippen LogP contribution in [0.2, 0.25) is 10.0 Å². The molecule has 0 radical (unpaired) electrons. The molecule has 3 aliphatic rings. The van der Waals surface area contributed by atoms with Gasteiger partial charge in [-0.1, -0.05) is 29.6 Å². The van der Waals surface area contributed by atoms with Crippen molar-refractivity contribution in [1.82, 2.24) is 4.90 Å². The minimum Gasteiger partial charge on any atom is -0.470 e. The standard InChI is InChI=1S/C17H21Cl2NO3/c18-11-9-12-15(21)13-3-1-2-4-17(13,20-5-7-22-8-6-20)23-16(12)14(19)10-11/h9-10,13,15,21H,1-8H2/t13-,15-,17-/m0/s1. The fraction of sp³-hybridized carbons (Fsp3) is 0.647. The van der Waals surface area contributed by atoms with Crippen molar-refractivity contribution in [2.24, 2.45) is 5.92 Å². The minimum atomic E-state index is -0.599. The van der Waals surface area contributed by atoms with Crippen molar-refractivity contribution in [3.05, 3.63) is 27.7 Å². The summed E-state index contributed by atoms with van der Waals surface area (Å²) in [5, 5.41) is 12.1. The molecule has 2 heterocycles. The summed E-state index contributed by atoms with van der Waals surface area (Å²) < 4.78 is 12.0. The number of hydrogen-bond acceptors (Lipinski definition) is 4. The van der Waals surface area contributed by atoms with Crippen molar-refractivity contribution in [3.63, 3.8) is 0 Å². The highest BCUT2D eigenvalue weighted by molar-refractivity contribution is 6.35. The van der Waals surface area contributed by atoms with E-state index < -0.39 is 11.8 Å². The molecule has 3 atom stereocenters. The molecular formula is C17H21Cl2NO3. The summed E-state index contributed by atoms with van der Waals surface area (Å²) >= 11 is 12.5. The van der Waals surface area contributed by atoms with Crippen LogP contribution in [0.3, 0.4) is 0 Å². The molecule has 1 aliphatic carbocycles. The highest BCUT2D eigenvalue weighted by Gasteiger charge is 2.54. The van der Waals surface area contributed by atoms with Gasteiger partial charge in [-0.25, -0.2) is 0 Å². The first-order valence-electron chi connectivity index (χ1n) is 8.31. The molecule has 23 heavy (non-hydrogen) atoms. The van der Waals surface area contributed by atoms with Crippen LogP contribution in [0.15, 0.2) is 12.1 Å². The largest absolute Gasteiger partial charge is 0.470 e. The molecule has 0 spiro atoms. The molecule has 1 saturated carbocycles. The van der Waals surface area contributed by atoms with E-state index in [1.54, 1.807) is 12.1 Å². The molecule has 4 nitrogen and oxygen atoms in total. The van der Waals surface area contributed by atoms with Crippen LogP contribution in [-0.2, 0) is 4.74 Å². The van der Waals surface area contributed by atoms with Crippen molar-refractivity contribution in [2.45, 2.75) is 37.5 Å². The van der Waals surface area contributed by atoms with Gasteiger partial charge in [0.05, 0.1) is 24.3 Å². The number of aliphatic hydroxyl groups is 1. The van der Waals surface area contributed by atoms with Crippen LogP contribution in [0.4, 0.5) is 0 Å². The lowest BCUT2D eigenvalue weighted by Gasteiger charge is -2.55. The van der Waals surface area contributed by atoms with Crippen LogP contribution in [-0.4, -0.2) is 42.0 Å². The summed E-state index contributed by atoms with van der Waals surface area (Å²) in [4.78, 5) is 2.34. The van der Waals surface area contributed by atoms with E-state index in [9.17, 15) is 5.11 Å². The number of nitrogens with zero attached hydrogens (tertiary/aromatic N) is 1. The lowest BCUT2D eigenvalue weighted by molar-refractivity contribution is -0.206. The van der Waals surface area contributed by atoms with E-state index in [1.807, 2.05) is 0 Å². The molecule has 2 aliphatic heterocycles. The Morgan fingerprint density at radius 1 is 1.17 bits per heavy atom. The SMILES string of the molecule is O[C@H]1c2cc(Cl)cc(Cl)c2O[C@@]2(N3CCOCC3)CCCC[C@@H]12. The molecule has 1 aromatic rings. The van der Waals surface area contributed by atoms with Gasteiger partial charge < -0.3 is 14.6 Å². The van der Waals surface area contributed by atoms with Crippen LogP contribution in [0.5, 0.6) is 5.75 Å². The molecule has 126 valence electrons. The lowest BCUT2D eigenvalue weighted by atomic mass is 9.73. The maximum absolute atomic E-state index is 11.0. The Kier molecular flexibility index (Phi) is 4.23. The fourth-order valence-electron chi connectivity index (χ4n) is 4.38. The number of benzene rings is 1. The molecule has 0 amide bonds. The van der Waals surface area contributed by atoms with Crippen LogP contribution in [0.1, 0.15) is 37.4 Å². The Labute approximate surface area is 146 Å². The average molecular weight is 358 g/mol. The monoisotopic (exact) mass is 357 g/mol. The van der Waals surface area contributed by atoms with E-state index in [2.05, 4.69) is 4.90 Å². The van der Waals surface area contributed by atoms with Gasteiger partial charge in [0.15, 0.2) is 5.72 Å². The predicted molar refractivity (Wildman–Crippen MR) is 89.1 cm³/mol. The van der Waals surface area contributed by atoms with Gasteiger partial charge in [0.2, 0.25) is 0 Å². The Hall–Kier alpha value is -0.520. The maximum atomic E-state index is 11.0. The van der Waals surface area contributed by atoms with Crippen molar-refractivity contribution < 1.29 is 14.6 Å². The Morgan fingerprint density at radius 2 is 1.96 bits per heavy atom. The van der Waals surface area contributed by atoms with Crippen LogP contribution in [0.25, 0.3) is 0 Å². The van der Waals surface area contributed by atoms with Gasteiger partial charge in [-0.15, -0.1) is 0 Å². The molecule has 0 aromatic heterocycles. The first-order chi connectivity index (χ1) is 11.1. The number of halogens is 2. The molecule has 2 fully saturated rings. The van der Waals surface area contributed by atoms with E-state index >= 15 is 0 Å². The third-order valence-electron chi connectivity index (χ3n) is 5.44. The second kappa shape index (κ2) is 6.08. The van der Waals surface area contributed by atoms with E-state index in [-0.39, 0.29) is 5.92 Å². The first-order valence-corrected chi connectivity index (χ1v) is 9.06. The van der Waals surface area contributed by atoms with E-state index in [0.717, 1.165) is 44.3 Å². The average Bonchev–Trinajstić information content (AvgIpc) is 2.57. The quantitative estimate of drug-likeness (QED) is 0.832. The zero-order valence-corrected chi connectivity index (χ0v) is 14.4. The Balaban J connectivity index is 1.80. The number of morpholine rings is 1. The maximum Gasteiger partial charge on any atom is 0.169 e. The van der Waals surface area contributed by atoms with Crippen LogP contribution >= 0.6 is 23.2 Å². The highest BCUT2D eigenvalue weighted by Crippen LogP contribution is 2.54. The Bertz CT molecular complexity index is 606. The number of ether oxygens (including phenoxy) is 2. The van der Waals surface area contributed by atoms with E-state index in [1.165, 1.54) is 0 Å². The molecular weight excluding hydrogens is 337 g/mol. The zero-order chi connectivity index (χ0) is 16.0. The first kappa shape index (κ1) is 16.0. The third kappa shape index (κ3) is 2.56. The van der Waals surface area contributed by atoms with Gasteiger partial charge >= 0.3 is 0 Å². The molecule has 1 N–H and O–H groups in total. The topological polar surface area (TPSA) is 41.9 Å². The summed E-state index contributed by atoms with van der Waals surface area (Å²) in [6, 6.07) is 3.47.